The van der Waals surface area contributed by atoms with Gasteiger partial charge in [0.2, 0.25) is 5.91 Å². The number of esters is 1. The number of amides is 1. The average molecular weight is 372 g/mol. The van der Waals surface area contributed by atoms with Crippen LogP contribution in [0.25, 0.3) is 0 Å². The van der Waals surface area contributed by atoms with Crippen LogP contribution in [0.5, 0.6) is 0 Å². The molecule has 1 amide bonds. The summed E-state index contributed by atoms with van der Waals surface area (Å²) in [6, 6.07) is 7.67. The minimum atomic E-state index is -0.149. The molecule has 5 nitrogen and oxygen atoms in total. The van der Waals surface area contributed by atoms with Crippen molar-refractivity contribution in [2.45, 2.75) is 52.1 Å². The fraction of sp³-hybridized carbons (Fsp3) is 0.450. The minimum Gasteiger partial charge on any atom is -0.459 e. The highest BCUT2D eigenvalue weighted by Crippen LogP contribution is 2.27. The van der Waals surface area contributed by atoms with Crippen molar-refractivity contribution < 1.29 is 14.3 Å². The molecule has 1 saturated carbocycles. The maximum absolute atomic E-state index is 12.1. The number of anilines is 1. The Labute approximate surface area is 157 Å². The fourth-order valence-electron chi connectivity index (χ4n) is 3.14. The molecule has 138 valence electrons. The van der Waals surface area contributed by atoms with Gasteiger partial charge >= 0.3 is 5.97 Å². The van der Waals surface area contributed by atoms with Gasteiger partial charge in [-0.25, -0.2) is 4.98 Å². The number of rotatable bonds is 7. The fourth-order valence-corrected chi connectivity index (χ4v) is 3.92. The Morgan fingerprint density at radius 2 is 1.96 bits per heavy atom. The molecule has 1 aliphatic carbocycles. The summed E-state index contributed by atoms with van der Waals surface area (Å²) in [5.74, 6) is 0.232. The number of carbonyl (C=O) groups is 2. The highest BCUT2D eigenvalue weighted by atomic mass is 32.1. The van der Waals surface area contributed by atoms with Crippen molar-refractivity contribution in [3.63, 3.8) is 0 Å². The first-order chi connectivity index (χ1) is 12.6. The van der Waals surface area contributed by atoms with Gasteiger partial charge in [0, 0.05) is 17.5 Å². The third kappa shape index (κ3) is 5.66. The van der Waals surface area contributed by atoms with Gasteiger partial charge < -0.3 is 10.1 Å². The summed E-state index contributed by atoms with van der Waals surface area (Å²) >= 11 is 1.41. The van der Waals surface area contributed by atoms with Gasteiger partial charge in [0.05, 0.1) is 12.1 Å². The van der Waals surface area contributed by atoms with Gasteiger partial charge in [-0.1, -0.05) is 30.5 Å². The number of aromatic nitrogens is 1. The van der Waals surface area contributed by atoms with E-state index in [9.17, 15) is 9.59 Å². The van der Waals surface area contributed by atoms with Gasteiger partial charge in [-0.2, -0.15) is 0 Å². The molecule has 0 saturated heterocycles. The number of nitrogens with one attached hydrogen (secondary N) is 1. The molecule has 0 bridgehead atoms. The Balaban J connectivity index is 1.42. The lowest BCUT2D eigenvalue weighted by Gasteiger charge is -2.07. The zero-order valence-electron chi connectivity index (χ0n) is 15.0. The number of hydrogen-bond acceptors (Lipinski definition) is 5. The van der Waals surface area contributed by atoms with Crippen LogP contribution in [0, 0.1) is 12.8 Å². The van der Waals surface area contributed by atoms with E-state index in [1.807, 2.05) is 36.6 Å². The van der Waals surface area contributed by atoms with E-state index in [2.05, 4.69) is 10.3 Å². The van der Waals surface area contributed by atoms with E-state index in [0.717, 1.165) is 29.1 Å². The van der Waals surface area contributed by atoms with E-state index < -0.39 is 0 Å². The van der Waals surface area contributed by atoms with Crippen LogP contribution in [-0.4, -0.2) is 16.9 Å². The molecule has 0 unspecified atom stereocenters. The molecule has 0 aliphatic heterocycles. The van der Waals surface area contributed by atoms with Crippen LogP contribution < -0.4 is 5.32 Å². The second-order valence-electron chi connectivity index (χ2n) is 6.84. The van der Waals surface area contributed by atoms with E-state index in [-0.39, 0.29) is 24.9 Å². The third-order valence-electron chi connectivity index (χ3n) is 4.56. The van der Waals surface area contributed by atoms with Gasteiger partial charge in [0.25, 0.3) is 0 Å². The zero-order chi connectivity index (χ0) is 18.4. The summed E-state index contributed by atoms with van der Waals surface area (Å²) < 4.78 is 5.32. The molecule has 1 N–H and O–H groups in total. The molecule has 0 spiro atoms. The molecule has 26 heavy (non-hydrogen) atoms. The molecule has 0 atom stereocenters. The van der Waals surface area contributed by atoms with Gasteiger partial charge in [0.1, 0.15) is 11.6 Å². The van der Waals surface area contributed by atoms with E-state index in [1.165, 1.54) is 24.2 Å². The van der Waals surface area contributed by atoms with Crippen molar-refractivity contribution in [3.8, 4) is 0 Å². The van der Waals surface area contributed by atoms with Gasteiger partial charge in [-0.15, -0.1) is 11.3 Å². The predicted molar refractivity (Wildman–Crippen MR) is 102 cm³/mol. The van der Waals surface area contributed by atoms with Crippen molar-refractivity contribution in [1.82, 2.24) is 4.98 Å². The molecule has 1 aromatic heterocycles. The monoisotopic (exact) mass is 372 g/mol. The number of thiazole rings is 1. The molecule has 2 aromatic rings. The zero-order valence-corrected chi connectivity index (χ0v) is 15.8. The van der Waals surface area contributed by atoms with Gasteiger partial charge in [-0.3, -0.25) is 9.59 Å². The average Bonchev–Trinajstić information content (AvgIpc) is 3.27. The van der Waals surface area contributed by atoms with Gasteiger partial charge in [0.15, 0.2) is 0 Å². The first-order valence-corrected chi connectivity index (χ1v) is 9.92. The number of nitrogens with zero attached hydrogens (tertiary/aromatic N) is 1. The Kier molecular flexibility index (Phi) is 6.39. The molecule has 3 rings (SSSR count). The Hall–Kier alpha value is -2.21. The largest absolute Gasteiger partial charge is 0.459 e. The highest BCUT2D eigenvalue weighted by molar-refractivity contribution is 7.09. The first-order valence-electron chi connectivity index (χ1n) is 9.04. The van der Waals surface area contributed by atoms with E-state index in [4.69, 9.17) is 4.74 Å². The molecule has 1 aliphatic rings. The van der Waals surface area contributed by atoms with Crippen LogP contribution in [0.2, 0.25) is 0 Å². The summed E-state index contributed by atoms with van der Waals surface area (Å²) in [4.78, 5) is 28.4. The van der Waals surface area contributed by atoms with Crippen molar-refractivity contribution in [2.75, 3.05) is 5.32 Å². The van der Waals surface area contributed by atoms with E-state index in [1.54, 1.807) is 0 Å². The van der Waals surface area contributed by atoms with E-state index >= 15 is 0 Å². The Morgan fingerprint density at radius 1 is 1.23 bits per heavy atom. The van der Waals surface area contributed by atoms with Crippen LogP contribution in [0.4, 0.5) is 5.69 Å². The first kappa shape index (κ1) is 18.6. The predicted octanol–water partition coefficient (Wildman–Crippen LogP) is 4.26. The quantitative estimate of drug-likeness (QED) is 0.738. The molecular weight excluding hydrogens is 348 g/mol. The second kappa shape index (κ2) is 8.94. The lowest BCUT2D eigenvalue weighted by Crippen LogP contribution is -2.14. The van der Waals surface area contributed by atoms with Crippen LogP contribution >= 0.6 is 11.3 Å². The van der Waals surface area contributed by atoms with Crippen molar-refractivity contribution in [3.05, 3.63) is 45.9 Å². The Morgan fingerprint density at radius 3 is 2.69 bits per heavy atom. The number of carbonyl (C=O) groups excluding carboxylic acids is 2. The van der Waals surface area contributed by atoms with Crippen LogP contribution in [0.3, 0.4) is 0 Å². The SMILES string of the molecule is Cc1ccc(NC(=O)Cc2nc(COC(=O)CC3CCCC3)cs2)cc1. The van der Waals surface area contributed by atoms with Gasteiger partial charge in [-0.05, 0) is 37.8 Å². The normalized spacial score (nSPS) is 14.3. The van der Waals surface area contributed by atoms with Crippen molar-refractivity contribution >= 4 is 28.9 Å². The number of hydrogen-bond donors (Lipinski definition) is 1. The standard InChI is InChI=1S/C20H24N2O3S/c1-14-6-8-16(9-7-14)21-18(23)11-19-22-17(13-26-19)12-25-20(24)10-15-4-2-3-5-15/h6-9,13,15H,2-5,10-12H2,1H3,(H,21,23). The lowest BCUT2D eigenvalue weighted by atomic mass is 10.0. The molecular formula is C20H24N2O3S. The maximum Gasteiger partial charge on any atom is 0.306 e. The molecule has 0 radical (unpaired) electrons. The summed E-state index contributed by atoms with van der Waals surface area (Å²) in [6.07, 6.45) is 5.43. The van der Waals surface area contributed by atoms with Crippen molar-refractivity contribution in [2.24, 2.45) is 5.92 Å². The maximum atomic E-state index is 12.1. The Bertz CT molecular complexity index is 749. The van der Waals surface area contributed by atoms with Crippen LogP contribution in [0.1, 0.15) is 48.4 Å². The third-order valence-corrected chi connectivity index (χ3v) is 5.46. The lowest BCUT2D eigenvalue weighted by molar-refractivity contribution is -0.146. The second-order valence-corrected chi connectivity index (χ2v) is 7.78. The molecule has 1 heterocycles. The topological polar surface area (TPSA) is 68.3 Å². The smallest absolute Gasteiger partial charge is 0.306 e. The summed E-state index contributed by atoms with van der Waals surface area (Å²) in [7, 11) is 0. The molecule has 1 aromatic carbocycles. The number of aryl methyl sites for hydroxylation is 1. The molecule has 6 heteroatoms. The minimum absolute atomic E-state index is 0.104. The van der Waals surface area contributed by atoms with Crippen LogP contribution in [-0.2, 0) is 27.4 Å². The summed E-state index contributed by atoms with van der Waals surface area (Å²) in [5, 5.41) is 5.42. The summed E-state index contributed by atoms with van der Waals surface area (Å²) in [6.45, 7) is 2.19. The highest BCUT2D eigenvalue weighted by Gasteiger charge is 2.19. The van der Waals surface area contributed by atoms with Crippen LogP contribution in [0.15, 0.2) is 29.6 Å². The number of ether oxygens (including phenoxy) is 1. The molecule has 1 fully saturated rings. The van der Waals surface area contributed by atoms with E-state index in [0.29, 0.717) is 18.0 Å². The summed E-state index contributed by atoms with van der Waals surface area (Å²) in [5.41, 5.74) is 2.63. The number of benzene rings is 1. The van der Waals surface area contributed by atoms with Crippen molar-refractivity contribution in [1.29, 1.82) is 0 Å².